The summed E-state index contributed by atoms with van der Waals surface area (Å²) in [7, 11) is 1.65. The van der Waals surface area contributed by atoms with Crippen molar-refractivity contribution in [2.45, 2.75) is 6.54 Å². The van der Waals surface area contributed by atoms with Crippen LogP contribution in [0.1, 0.15) is 5.56 Å². The van der Waals surface area contributed by atoms with E-state index >= 15 is 0 Å². The highest BCUT2D eigenvalue weighted by Crippen LogP contribution is 2.20. The second kappa shape index (κ2) is 4.14. The third-order valence-electron chi connectivity index (χ3n) is 2.29. The largest absolute Gasteiger partial charge is 0.497 e. The van der Waals surface area contributed by atoms with Gasteiger partial charge in [-0.3, -0.25) is 0 Å². The molecule has 2 rings (SSSR count). The maximum Gasteiger partial charge on any atom is 0.120 e. The van der Waals surface area contributed by atoms with Crippen molar-refractivity contribution in [2.75, 3.05) is 7.11 Å². The van der Waals surface area contributed by atoms with Crippen LogP contribution in [0.4, 0.5) is 0 Å². The molecule has 15 heavy (non-hydrogen) atoms. The smallest absolute Gasteiger partial charge is 0.120 e. The Hall–Kier alpha value is -1.81. The van der Waals surface area contributed by atoms with E-state index in [1.165, 1.54) is 0 Å². The number of rotatable bonds is 3. The van der Waals surface area contributed by atoms with Gasteiger partial charge in [-0.1, -0.05) is 6.07 Å². The van der Waals surface area contributed by atoms with Crippen LogP contribution in [-0.2, 0) is 6.54 Å². The molecule has 0 atom stereocenters. The molecule has 1 aromatic heterocycles. The Balaban J connectivity index is 2.52. The van der Waals surface area contributed by atoms with E-state index in [4.69, 9.17) is 10.5 Å². The van der Waals surface area contributed by atoms with Crippen molar-refractivity contribution >= 4 is 0 Å². The number of nitrogens with zero attached hydrogens (tertiary/aromatic N) is 2. The van der Waals surface area contributed by atoms with E-state index in [0.29, 0.717) is 6.54 Å². The van der Waals surface area contributed by atoms with Gasteiger partial charge in [0.05, 0.1) is 19.1 Å². The van der Waals surface area contributed by atoms with Gasteiger partial charge in [0.2, 0.25) is 0 Å². The molecule has 4 heteroatoms. The highest BCUT2D eigenvalue weighted by molar-refractivity contribution is 5.46. The summed E-state index contributed by atoms with van der Waals surface area (Å²) in [6, 6.07) is 5.82. The molecule has 0 unspecified atom stereocenters. The lowest BCUT2D eigenvalue weighted by Crippen LogP contribution is -2.03. The minimum atomic E-state index is 0.498. The number of imidazole rings is 1. The van der Waals surface area contributed by atoms with Gasteiger partial charge in [0.1, 0.15) is 5.75 Å². The Bertz CT molecular complexity index is 437. The van der Waals surface area contributed by atoms with Gasteiger partial charge in [-0.25, -0.2) is 4.98 Å². The molecule has 0 radical (unpaired) electrons. The molecule has 2 N–H and O–H groups in total. The molecular weight excluding hydrogens is 190 g/mol. The number of aromatic nitrogens is 2. The fourth-order valence-electron chi connectivity index (χ4n) is 1.49. The van der Waals surface area contributed by atoms with Crippen LogP contribution in [0.25, 0.3) is 5.69 Å². The first-order valence-corrected chi connectivity index (χ1v) is 4.70. The lowest BCUT2D eigenvalue weighted by atomic mass is 10.1. The Kier molecular flexibility index (Phi) is 2.69. The molecular formula is C11H13N3O. The van der Waals surface area contributed by atoms with Crippen LogP contribution in [0.2, 0.25) is 0 Å². The highest BCUT2D eigenvalue weighted by Gasteiger charge is 2.04. The van der Waals surface area contributed by atoms with Crippen molar-refractivity contribution in [1.82, 2.24) is 9.55 Å². The quantitative estimate of drug-likeness (QED) is 0.819. The Morgan fingerprint density at radius 3 is 2.93 bits per heavy atom. The highest BCUT2D eigenvalue weighted by atomic mass is 16.5. The first kappa shape index (κ1) is 9.73. The lowest BCUT2D eigenvalue weighted by Gasteiger charge is -2.10. The van der Waals surface area contributed by atoms with Crippen LogP contribution in [0, 0.1) is 0 Å². The van der Waals surface area contributed by atoms with Crippen molar-refractivity contribution in [3.63, 3.8) is 0 Å². The van der Waals surface area contributed by atoms with Gasteiger partial charge in [-0.15, -0.1) is 0 Å². The SMILES string of the molecule is COc1ccc(CN)c(-n2ccnc2)c1. The fraction of sp³-hybridized carbons (Fsp3) is 0.182. The molecule has 1 aromatic carbocycles. The van der Waals surface area contributed by atoms with Crippen LogP contribution in [0.3, 0.4) is 0 Å². The van der Waals surface area contributed by atoms with Gasteiger partial charge in [-0.2, -0.15) is 0 Å². The van der Waals surface area contributed by atoms with E-state index in [9.17, 15) is 0 Å². The van der Waals surface area contributed by atoms with Crippen LogP contribution < -0.4 is 10.5 Å². The van der Waals surface area contributed by atoms with E-state index in [0.717, 1.165) is 17.0 Å². The molecule has 2 aromatic rings. The zero-order chi connectivity index (χ0) is 10.7. The molecule has 4 nitrogen and oxygen atoms in total. The Morgan fingerprint density at radius 1 is 1.47 bits per heavy atom. The molecule has 0 aliphatic heterocycles. The number of hydrogen-bond donors (Lipinski definition) is 1. The van der Waals surface area contributed by atoms with E-state index in [1.807, 2.05) is 29.0 Å². The molecule has 0 aliphatic carbocycles. The molecule has 0 aliphatic rings. The van der Waals surface area contributed by atoms with E-state index in [-0.39, 0.29) is 0 Å². The van der Waals surface area contributed by atoms with Crippen molar-refractivity contribution in [3.8, 4) is 11.4 Å². The number of hydrogen-bond acceptors (Lipinski definition) is 3. The normalized spacial score (nSPS) is 10.3. The summed E-state index contributed by atoms with van der Waals surface area (Å²) in [5.41, 5.74) is 7.75. The van der Waals surface area contributed by atoms with Crippen molar-refractivity contribution < 1.29 is 4.74 Å². The molecule has 0 saturated carbocycles. The van der Waals surface area contributed by atoms with Crippen LogP contribution >= 0.6 is 0 Å². The molecule has 0 spiro atoms. The molecule has 1 heterocycles. The Morgan fingerprint density at radius 2 is 2.33 bits per heavy atom. The summed E-state index contributed by atoms with van der Waals surface area (Å²) in [5, 5.41) is 0. The first-order valence-electron chi connectivity index (χ1n) is 4.70. The van der Waals surface area contributed by atoms with Crippen LogP contribution in [-0.4, -0.2) is 16.7 Å². The summed E-state index contributed by atoms with van der Waals surface area (Å²) in [5.74, 6) is 0.816. The van der Waals surface area contributed by atoms with Gasteiger partial charge in [0.25, 0.3) is 0 Å². The monoisotopic (exact) mass is 203 g/mol. The van der Waals surface area contributed by atoms with E-state index in [2.05, 4.69) is 4.98 Å². The van der Waals surface area contributed by atoms with Crippen LogP contribution in [0.5, 0.6) is 5.75 Å². The predicted octanol–water partition coefficient (Wildman–Crippen LogP) is 1.34. The minimum Gasteiger partial charge on any atom is -0.497 e. The number of ether oxygens (including phenoxy) is 1. The molecule has 78 valence electrons. The second-order valence-corrected chi connectivity index (χ2v) is 3.17. The fourth-order valence-corrected chi connectivity index (χ4v) is 1.49. The molecule has 0 saturated heterocycles. The first-order chi connectivity index (χ1) is 7.35. The summed E-state index contributed by atoms with van der Waals surface area (Å²) >= 11 is 0. The minimum absolute atomic E-state index is 0.498. The number of nitrogens with two attached hydrogens (primary N) is 1. The summed E-state index contributed by atoms with van der Waals surface area (Å²) < 4.78 is 7.10. The average molecular weight is 203 g/mol. The zero-order valence-electron chi connectivity index (χ0n) is 8.55. The number of methoxy groups -OCH3 is 1. The van der Waals surface area contributed by atoms with Gasteiger partial charge >= 0.3 is 0 Å². The molecule has 0 amide bonds. The number of benzene rings is 1. The lowest BCUT2D eigenvalue weighted by molar-refractivity contribution is 0.414. The van der Waals surface area contributed by atoms with Gasteiger partial charge in [-0.05, 0) is 11.6 Å². The average Bonchev–Trinajstić information content (AvgIpc) is 2.81. The third-order valence-corrected chi connectivity index (χ3v) is 2.29. The second-order valence-electron chi connectivity index (χ2n) is 3.17. The molecule has 0 bridgehead atoms. The van der Waals surface area contributed by atoms with Gasteiger partial charge in [0.15, 0.2) is 0 Å². The van der Waals surface area contributed by atoms with Crippen molar-refractivity contribution in [1.29, 1.82) is 0 Å². The van der Waals surface area contributed by atoms with Gasteiger partial charge in [0, 0.05) is 25.0 Å². The van der Waals surface area contributed by atoms with E-state index < -0.39 is 0 Å². The topological polar surface area (TPSA) is 53.1 Å². The van der Waals surface area contributed by atoms with Gasteiger partial charge < -0.3 is 15.0 Å². The van der Waals surface area contributed by atoms with Crippen molar-refractivity contribution in [2.24, 2.45) is 5.73 Å². The predicted molar refractivity (Wildman–Crippen MR) is 58.0 cm³/mol. The van der Waals surface area contributed by atoms with Crippen LogP contribution in [0.15, 0.2) is 36.9 Å². The summed E-state index contributed by atoms with van der Waals surface area (Å²) in [4.78, 5) is 4.01. The molecule has 0 fully saturated rings. The zero-order valence-corrected chi connectivity index (χ0v) is 8.55. The maximum atomic E-state index is 5.67. The van der Waals surface area contributed by atoms with Crippen molar-refractivity contribution in [3.05, 3.63) is 42.5 Å². The summed E-state index contributed by atoms with van der Waals surface area (Å²) in [6.07, 6.45) is 5.36. The summed E-state index contributed by atoms with van der Waals surface area (Å²) in [6.45, 7) is 0.498. The standard InChI is InChI=1S/C11H13N3O/c1-15-10-3-2-9(7-12)11(6-10)14-5-4-13-8-14/h2-6,8H,7,12H2,1H3. The Labute approximate surface area is 88.3 Å². The van der Waals surface area contributed by atoms with E-state index in [1.54, 1.807) is 19.6 Å². The maximum absolute atomic E-state index is 5.67. The third kappa shape index (κ3) is 1.85.